The molecule has 0 spiro atoms. The normalized spacial score (nSPS) is 14.0. The summed E-state index contributed by atoms with van der Waals surface area (Å²) in [5.41, 5.74) is 5.57. The Morgan fingerprint density at radius 3 is 2.67 bits per heavy atom. The molecule has 0 aromatic heterocycles. The van der Waals surface area contributed by atoms with Crippen molar-refractivity contribution in [3.8, 4) is 0 Å². The van der Waals surface area contributed by atoms with E-state index in [1.165, 1.54) is 0 Å². The van der Waals surface area contributed by atoms with Crippen molar-refractivity contribution in [2.24, 2.45) is 5.73 Å². The smallest absolute Gasteiger partial charge is 0.237 e. The summed E-state index contributed by atoms with van der Waals surface area (Å²) in [6.07, 6.45) is 3.59. The van der Waals surface area contributed by atoms with Crippen LogP contribution in [0.5, 0.6) is 0 Å². The third kappa shape index (κ3) is 6.24. The fraction of sp³-hybridized carbons (Fsp3) is 0.667. The van der Waals surface area contributed by atoms with E-state index in [9.17, 15) is 14.4 Å². The van der Waals surface area contributed by atoms with Gasteiger partial charge in [0.2, 0.25) is 5.91 Å². The lowest BCUT2D eigenvalue weighted by molar-refractivity contribution is -0.125. The Hall–Kier alpha value is -0.880. The average molecular weight is 232 g/mol. The Labute approximate surface area is 93.2 Å². The van der Waals surface area contributed by atoms with E-state index in [0.717, 1.165) is 5.75 Å². The van der Waals surface area contributed by atoms with E-state index in [1.807, 2.05) is 6.26 Å². The maximum Gasteiger partial charge on any atom is 0.237 e. The Kier molecular flexibility index (Phi) is 7.94. The van der Waals surface area contributed by atoms with Gasteiger partial charge in [-0.3, -0.25) is 4.79 Å². The first-order valence-corrected chi connectivity index (χ1v) is 5.99. The Balaban J connectivity index is 3.97. The van der Waals surface area contributed by atoms with Gasteiger partial charge in [-0.05, 0) is 18.4 Å². The molecule has 0 aliphatic heterocycles. The number of amides is 1. The van der Waals surface area contributed by atoms with Crippen molar-refractivity contribution in [3.05, 3.63) is 0 Å². The number of hydrogen-bond acceptors (Lipinski definition) is 5. The Bertz CT molecular complexity index is 223. The lowest BCUT2D eigenvalue weighted by Crippen LogP contribution is -2.46. The van der Waals surface area contributed by atoms with Gasteiger partial charge in [0.1, 0.15) is 12.6 Å². The molecular formula is C9H16N2O3S. The van der Waals surface area contributed by atoms with Gasteiger partial charge in [0, 0.05) is 6.42 Å². The van der Waals surface area contributed by atoms with Gasteiger partial charge in [0.25, 0.3) is 0 Å². The van der Waals surface area contributed by atoms with Crippen molar-refractivity contribution in [1.82, 2.24) is 5.32 Å². The molecule has 0 saturated carbocycles. The van der Waals surface area contributed by atoms with E-state index in [0.29, 0.717) is 19.0 Å². The number of nitrogens with two attached hydrogens (primary N) is 1. The van der Waals surface area contributed by atoms with Crippen LogP contribution in [-0.4, -0.2) is 42.6 Å². The highest BCUT2D eigenvalue weighted by atomic mass is 32.2. The van der Waals surface area contributed by atoms with Crippen molar-refractivity contribution in [2.75, 3.05) is 12.0 Å². The van der Waals surface area contributed by atoms with E-state index in [4.69, 9.17) is 5.73 Å². The molecule has 0 rings (SSSR count). The molecule has 0 radical (unpaired) electrons. The molecule has 0 bridgehead atoms. The summed E-state index contributed by atoms with van der Waals surface area (Å²) in [4.78, 5) is 32.0. The van der Waals surface area contributed by atoms with Crippen LogP contribution in [0.25, 0.3) is 0 Å². The second-order valence-electron chi connectivity index (χ2n) is 3.04. The average Bonchev–Trinajstić information content (AvgIpc) is 2.24. The summed E-state index contributed by atoms with van der Waals surface area (Å²) >= 11 is 1.60. The predicted octanol–water partition coefficient (Wildman–Crippen LogP) is -0.660. The number of aldehydes is 2. The molecule has 0 aliphatic rings. The van der Waals surface area contributed by atoms with Gasteiger partial charge in [-0.15, -0.1) is 0 Å². The number of hydrogen-bond donors (Lipinski definition) is 2. The molecule has 6 heteroatoms. The number of carbonyl (C=O) groups excluding carboxylic acids is 3. The molecule has 3 N–H and O–H groups in total. The highest BCUT2D eigenvalue weighted by Crippen LogP contribution is 1.99. The highest BCUT2D eigenvalue weighted by Gasteiger charge is 2.16. The van der Waals surface area contributed by atoms with Gasteiger partial charge in [0.15, 0.2) is 0 Å². The van der Waals surface area contributed by atoms with Crippen LogP contribution in [0.3, 0.4) is 0 Å². The zero-order chi connectivity index (χ0) is 11.7. The summed E-state index contributed by atoms with van der Waals surface area (Å²) in [5.74, 6) is 0.400. The molecule has 2 atom stereocenters. The Morgan fingerprint density at radius 1 is 1.53 bits per heavy atom. The molecule has 2 unspecified atom stereocenters. The van der Waals surface area contributed by atoms with Crippen LogP contribution in [0.2, 0.25) is 0 Å². The van der Waals surface area contributed by atoms with Crippen LogP contribution in [0, 0.1) is 0 Å². The van der Waals surface area contributed by atoms with E-state index in [1.54, 1.807) is 11.8 Å². The van der Waals surface area contributed by atoms with E-state index >= 15 is 0 Å². The third-order valence-electron chi connectivity index (χ3n) is 1.81. The zero-order valence-corrected chi connectivity index (χ0v) is 9.46. The number of carbonyl (C=O) groups is 3. The summed E-state index contributed by atoms with van der Waals surface area (Å²) in [7, 11) is 0. The SMILES string of the molecule is CSCCC(N)C(=O)NC(C=O)CC=O. The standard InChI is InChI=1S/C9H16N2O3S/c1-15-5-3-8(10)9(14)11-7(6-13)2-4-12/h4,6-8H,2-3,5,10H2,1H3,(H,11,14). The molecule has 0 aromatic carbocycles. The van der Waals surface area contributed by atoms with Crippen LogP contribution in [0.1, 0.15) is 12.8 Å². The molecule has 0 heterocycles. The molecule has 15 heavy (non-hydrogen) atoms. The van der Waals surface area contributed by atoms with Crippen LogP contribution < -0.4 is 11.1 Å². The van der Waals surface area contributed by atoms with Crippen LogP contribution in [-0.2, 0) is 14.4 Å². The summed E-state index contributed by atoms with van der Waals surface area (Å²) in [6.45, 7) is 0. The van der Waals surface area contributed by atoms with Gasteiger partial charge < -0.3 is 20.6 Å². The minimum absolute atomic E-state index is 0.00944. The first-order chi connectivity index (χ1) is 7.15. The van der Waals surface area contributed by atoms with Crippen LogP contribution >= 0.6 is 11.8 Å². The van der Waals surface area contributed by atoms with Crippen molar-refractivity contribution >= 4 is 30.2 Å². The lowest BCUT2D eigenvalue weighted by Gasteiger charge is -2.14. The molecule has 0 fully saturated rings. The number of thioether (sulfide) groups is 1. The van der Waals surface area contributed by atoms with Gasteiger partial charge in [-0.2, -0.15) is 11.8 Å². The highest BCUT2D eigenvalue weighted by molar-refractivity contribution is 7.98. The van der Waals surface area contributed by atoms with Gasteiger partial charge in [-0.25, -0.2) is 0 Å². The third-order valence-corrected chi connectivity index (χ3v) is 2.46. The molecule has 86 valence electrons. The molecule has 5 nitrogen and oxygen atoms in total. The molecule has 1 amide bonds. The van der Waals surface area contributed by atoms with Gasteiger partial charge in [-0.1, -0.05) is 0 Å². The maximum absolute atomic E-state index is 11.4. The monoisotopic (exact) mass is 232 g/mol. The fourth-order valence-corrected chi connectivity index (χ4v) is 1.41. The first kappa shape index (κ1) is 14.1. The minimum atomic E-state index is -0.754. The summed E-state index contributed by atoms with van der Waals surface area (Å²) in [5, 5.41) is 2.40. The molecular weight excluding hydrogens is 216 g/mol. The molecule has 0 aromatic rings. The summed E-state index contributed by atoms with van der Waals surface area (Å²) in [6, 6.07) is -1.37. The van der Waals surface area contributed by atoms with E-state index in [2.05, 4.69) is 5.32 Å². The van der Waals surface area contributed by atoms with Crippen LogP contribution in [0.4, 0.5) is 0 Å². The van der Waals surface area contributed by atoms with Crippen molar-refractivity contribution in [1.29, 1.82) is 0 Å². The van der Waals surface area contributed by atoms with Crippen molar-refractivity contribution < 1.29 is 14.4 Å². The second-order valence-corrected chi connectivity index (χ2v) is 4.03. The number of nitrogens with one attached hydrogen (secondary N) is 1. The minimum Gasteiger partial charge on any atom is -0.345 e. The van der Waals surface area contributed by atoms with Gasteiger partial charge >= 0.3 is 0 Å². The maximum atomic E-state index is 11.4. The quantitative estimate of drug-likeness (QED) is 0.542. The van der Waals surface area contributed by atoms with E-state index < -0.39 is 12.1 Å². The first-order valence-electron chi connectivity index (χ1n) is 4.59. The van der Waals surface area contributed by atoms with Gasteiger partial charge in [0.05, 0.1) is 12.1 Å². The molecule has 0 aliphatic carbocycles. The largest absolute Gasteiger partial charge is 0.345 e. The summed E-state index contributed by atoms with van der Waals surface area (Å²) < 4.78 is 0. The zero-order valence-electron chi connectivity index (χ0n) is 8.64. The van der Waals surface area contributed by atoms with E-state index in [-0.39, 0.29) is 12.3 Å². The van der Waals surface area contributed by atoms with Crippen molar-refractivity contribution in [3.63, 3.8) is 0 Å². The topological polar surface area (TPSA) is 89.3 Å². The second kappa shape index (κ2) is 8.43. The van der Waals surface area contributed by atoms with Crippen molar-refractivity contribution in [2.45, 2.75) is 24.9 Å². The van der Waals surface area contributed by atoms with Crippen LogP contribution in [0.15, 0.2) is 0 Å². The molecule has 0 saturated heterocycles. The number of rotatable bonds is 8. The predicted molar refractivity (Wildman–Crippen MR) is 59.7 cm³/mol. The Morgan fingerprint density at radius 2 is 2.20 bits per heavy atom. The fourth-order valence-electron chi connectivity index (χ4n) is 0.918. The lowest BCUT2D eigenvalue weighted by atomic mass is 10.2.